The molecule has 0 aliphatic rings. The number of ether oxygens (including phenoxy) is 2. The average Bonchev–Trinajstić information content (AvgIpc) is 2.60. The molecule has 0 fully saturated rings. The fourth-order valence-corrected chi connectivity index (χ4v) is 2.19. The van der Waals surface area contributed by atoms with Crippen molar-refractivity contribution in [3.8, 4) is 11.8 Å². The van der Waals surface area contributed by atoms with Crippen LogP contribution in [0.1, 0.15) is 12.5 Å². The van der Waals surface area contributed by atoms with Crippen LogP contribution in [0.25, 0.3) is 6.08 Å². The number of hydrogen-bond acceptors (Lipinski definition) is 5. The van der Waals surface area contributed by atoms with Gasteiger partial charge in [0.15, 0.2) is 0 Å². The van der Waals surface area contributed by atoms with Crippen LogP contribution in [0.5, 0.6) is 5.75 Å². The molecule has 2 aromatic carbocycles. The number of rotatable bonds is 5. The predicted molar refractivity (Wildman–Crippen MR) is 97.8 cm³/mol. The highest BCUT2D eigenvalue weighted by molar-refractivity contribution is 6.30. The van der Waals surface area contributed by atoms with Gasteiger partial charge in [-0.25, -0.2) is 9.59 Å². The van der Waals surface area contributed by atoms with Gasteiger partial charge in [-0.3, -0.25) is 5.32 Å². The van der Waals surface area contributed by atoms with Crippen molar-refractivity contribution in [2.24, 2.45) is 0 Å². The second-order valence-electron chi connectivity index (χ2n) is 4.99. The molecule has 0 heterocycles. The highest BCUT2D eigenvalue weighted by Gasteiger charge is 2.10. The maximum Gasteiger partial charge on any atom is 0.417 e. The van der Waals surface area contributed by atoms with Gasteiger partial charge in [0.05, 0.1) is 6.61 Å². The van der Waals surface area contributed by atoms with Gasteiger partial charge in [0, 0.05) is 10.7 Å². The Morgan fingerprint density at radius 1 is 1.23 bits per heavy atom. The van der Waals surface area contributed by atoms with Gasteiger partial charge < -0.3 is 9.47 Å². The summed E-state index contributed by atoms with van der Waals surface area (Å²) in [6.07, 6.45) is 0.666. The minimum atomic E-state index is -0.708. The number of hydrogen-bond donors (Lipinski definition) is 1. The SMILES string of the molecule is CCOC(=O)/C(C#N)=C/c1cccc(OC(=O)Nc2cccc(Cl)c2)c1. The van der Waals surface area contributed by atoms with Gasteiger partial charge in [-0.05, 0) is 48.9 Å². The molecule has 1 amide bonds. The molecule has 0 bridgehead atoms. The number of halogens is 1. The lowest BCUT2D eigenvalue weighted by atomic mass is 10.1. The second-order valence-corrected chi connectivity index (χ2v) is 5.42. The first-order chi connectivity index (χ1) is 12.5. The summed E-state index contributed by atoms with van der Waals surface area (Å²) in [7, 11) is 0. The normalized spacial score (nSPS) is 10.6. The van der Waals surface area contributed by atoms with Crippen molar-refractivity contribution >= 4 is 35.4 Å². The summed E-state index contributed by atoms with van der Waals surface area (Å²) < 4.78 is 10.0. The van der Waals surface area contributed by atoms with E-state index in [1.54, 1.807) is 55.5 Å². The van der Waals surface area contributed by atoms with Gasteiger partial charge in [0.2, 0.25) is 0 Å². The summed E-state index contributed by atoms with van der Waals surface area (Å²) in [5, 5.41) is 12.1. The average molecular weight is 371 g/mol. The summed E-state index contributed by atoms with van der Waals surface area (Å²) in [6.45, 7) is 1.82. The number of nitriles is 1. The smallest absolute Gasteiger partial charge is 0.417 e. The third kappa shape index (κ3) is 5.65. The Morgan fingerprint density at radius 2 is 2.00 bits per heavy atom. The molecule has 0 saturated heterocycles. The fraction of sp³-hybridized carbons (Fsp3) is 0.105. The third-order valence-corrected chi connectivity index (χ3v) is 3.30. The number of nitrogens with one attached hydrogen (secondary N) is 1. The number of benzene rings is 2. The minimum Gasteiger partial charge on any atom is -0.462 e. The first kappa shape index (κ1) is 19.0. The number of carbonyl (C=O) groups is 2. The van der Waals surface area contributed by atoms with E-state index in [1.165, 1.54) is 12.1 Å². The second kappa shape index (κ2) is 9.25. The van der Waals surface area contributed by atoms with Crippen molar-refractivity contribution in [1.29, 1.82) is 5.26 Å². The Balaban J connectivity index is 2.10. The van der Waals surface area contributed by atoms with Crippen LogP contribution in [-0.2, 0) is 9.53 Å². The zero-order valence-electron chi connectivity index (χ0n) is 13.9. The summed E-state index contributed by atoms with van der Waals surface area (Å²) in [5.41, 5.74) is 0.864. The van der Waals surface area contributed by atoms with Gasteiger partial charge >= 0.3 is 12.1 Å². The van der Waals surface area contributed by atoms with Crippen LogP contribution in [0.3, 0.4) is 0 Å². The Labute approximate surface area is 155 Å². The number of amides is 1. The lowest BCUT2D eigenvalue weighted by molar-refractivity contribution is -0.137. The van der Waals surface area contributed by atoms with Crippen molar-refractivity contribution in [2.75, 3.05) is 11.9 Å². The van der Waals surface area contributed by atoms with Crippen molar-refractivity contribution in [3.05, 3.63) is 64.7 Å². The van der Waals surface area contributed by atoms with Gasteiger partial charge in [-0.2, -0.15) is 5.26 Å². The largest absolute Gasteiger partial charge is 0.462 e. The molecule has 2 aromatic rings. The van der Waals surface area contributed by atoms with Crippen LogP contribution < -0.4 is 10.1 Å². The topological polar surface area (TPSA) is 88.4 Å². The maximum absolute atomic E-state index is 12.0. The van der Waals surface area contributed by atoms with E-state index in [1.807, 2.05) is 0 Å². The Hall–Kier alpha value is -3.30. The fourth-order valence-electron chi connectivity index (χ4n) is 2.00. The summed E-state index contributed by atoms with van der Waals surface area (Å²) in [5.74, 6) is -0.459. The molecule has 6 nitrogen and oxygen atoms in total. The zero-order valence-corrected chi connectivity index (χ0v) is 14.6. The molecule has 132 valence electrons. The Morgan fingerprint density at radius 3 is 2.69 bits per heavy atom. The molecule has 2 rings (SSSR count). The molecule has 0 saturated carbocycles. The number of anilines is 1. The van der Waals surface area contributed by atoms with E-state index in [9.17, 15) is 9.59 Å². The van der Waals surface area contributed by atoms with E-state index in [-0.39, 0.29) is 17.9 Å². The molecule has 0 unspecified atom stereocenters. The van der Waals surface area contributed by atoms with E-state index in [0.717, 1.165) is 0 Å². The number of nitrogens with zero attached hydrogens (tertiary/aromatic N) is 1. The molecule has 0 atom stereocenters. The van der Waals surface area contributed by atoms with Crippen molar-refractivity contribution in [2.45, 2.75) is 6.92 Å². The van der Waals surface area contributed by atoms with E-state index in [0.29, 0.717) is 16.3 Å². The monoisotopic (exact) mass is 370 g/mol. The van der Waals surface area contributed by atoms with Crippen molar-refractivity contribution in [1.82, 2.24) is 0 Å². The molecule has 26 heavy (non-hydrogen) atoms. The minimum absolute atomic E-state index is 0.146. The summed E-state index contributed by atoms with van der Waals surface area (Å²) in [4.78, 5) is 23.6. The quantitative estimate of drug-likeness (QED) is 0.478. The van der Waals surface area contributed by atoms with E-state index in [2.05, 4.69) is 5.32 Å². The standard InChI is InChI=1S/C19H15ClN2O4/c1-2-25-18(23)14(12-21)9-13-5-3-8-17(10-13)26-19(24)22-16-7-4-6-15(20)11-16/h3-11H,2H2,1H3,(H,22,24)/b14-9+. The van der Waals surface area contributed by atoms with E-state index in [4.69, 9.17) is 26.3 Å². The van der Waals surface area contributed by atoms with Crippen LogP contribution >= 0.6 is 11.6 Å². The first-order valence-corrected chi connectivity index (χ1v) is 8.03. The van der Waals surface area contributed by atoms with Crippen molar-refractivity contribution in [3.63, 3.8) is 0 Å². The van der Waals surface area contributed by atoms with Crippen LogP contribution in [0.4, 0.5) is 10.5 Å². The van der Waals surface area contributed by atoms with Crippen LogP contribution in [0, 0.1) is 11.3 Å². The van der Waals surface area contributed by atoms with Gasteiger partial charge in [-0.1, -0.05) is 29.8 Å². The number of esters is 1. The lowest BCUT2D eigenvalue weighted by Gasteiger charge is -2.07. The van der Waals surface area contributed by atoms with Crippen LogP contribution in [0.2, 0.25) is 5.02 Å². The van der Waals surface area contributed by atoms with Crippen molar-refractivity contribution < 1.29 is 19.1 Å². The molecule has 1 N–H and O–H groups in total. The molecule has 0 spiro atoms. The molecule has 0 aliphatic heterocycles. The molecular weight excluding hydrogens is 356 g/mol. The summed E-state index contributed by atoms with van der Waals surface area (Å²) in [6, 6.07) is 14.8. The maximum atomic E-state index is 12.0. The van der Waals surface area contributed by atoms with Gasteiger partial charge in [0.25, 0.3) is 0 Å². The lowest BCUT2D eigenvalue weighted by Crippen LogP contribution is -2.16. The van der Waals surface area contributed by atoms with Crippen LogP contribution in [-0.4, -0.2) is 18.7 Å². The highest BCUT2D eigenvalue weighted by Crippen LogP contribution is 2.18. The Bertz CT molecular complexity index is 887. The van der Waals surface area contributed by atoms with Crippen LogP contribution in [0.15, 0.2) is 54.1 Å². The highest BCUT2D eigenvalue weighted by atomic mass is 35.5. The van der Waals surface area contributed by atoms with Gasteiger partial charge in [-0.15, -0.1) is 0 Å². The van der Waals surface area contributed by atoms with E-state index < -0.39 is 12.1 Å². The molecule has 0 radical (unpaired) electrons. The first-order valence-electron chi connectivity index (χ1n) is 7.65. The summed E-state index contributed by atoms with van der Waals surface area (Å²) >= 11 is 5.86. The molecular formula is C19H15ClN2O4. The van der Waals surface area contributed by atoms with Gasteiger partial charge in [0.1, 0.15) is 17.4 Å². The third-order valence-electron chi connectivity index (χ3n) is 3.07. The van der Waals surface area contributed by atoms with E-state index >= 15 is 0 Å². The predicted octanol–water partition coefficient (Wildman–Crippen LogP) is 4.42. The Kier molecular flexibility index (Phi) is 6.77. The molecule has 7 heteroatoms. The molecule has 0 aliphatic carbocycles. The zero-order chi connectivity index (χ0) is 18.9. The number of carbonyl (C=O) groups excluding carboxylic acids is 2. The molecule has 0 aromatic heterocycles.